The number of nitrogens with zero attached hydrogens (tertiary/aromatic N) is 2. The molecule has 4 N–H and O–H groups in total. The third-order valence-corrected chi connectivity index (χ3v) is 4.97. The van der Waals surface area contributed by atoms with Crippen LogP contribution in [-0.4, -0.2) is 51.6 Å². The van der Waals surface area contributed by atoms with Gasteiger partial charge in [0.2, 0.25) is 11.9 Å². The van der Waals surface area contributed by atoms with Crippen molar-refractivity contribution in [1.82, 2.24) is 20.6 Å². The van der Waals surface area contributed by atoms with Crippen LogP contribution < -0.4 is 16.0 Å². The van der Waals surface area contributed by atoms with Gasteiger partial charge in [-0.25, -0.2) is 9.97 Å². The molecule has 0 saturated heterocycles. The number of para-hydroxylation sites is 1. The number of aromatic nitrogens is 2. The average Bonchev–Trinajstić information content (AvgIpc) is 2.68. The highest BCUT2D eigenvalue weighted by atomic mass is 16.3. The van der Waals surface area contributed by atoms with Gasteiger partial charge in [0, 0.05) is 36.6 Å². The number of hydrogen-bond acceptors (Lipinski definition) is 6. The summed E-state index contributed by atoms with van der Waals surface area (Å²) in [4.78, 5) is 32.7. The van der Waals surface area contributed by atoms with Crippen molar-refractivity contribution < 1.29 is 14.7 Å². The van der Waals surface area contributed by atoms with E-state index in [1.54, 1.807) is 32.2 Å². The minimum Gasteiger partial charge on any atom is -0.394 e. The van der Waals surface area contributed by atoms with E-state index in [2.05, 4.69) is 25.9 Å². The van der Waals surface area contributed by atoms with Crippen LogP contribution in [-0.2, 0) is 4.79 Å². The van der Waals surface area contributed by atoms with E-state index in [-0.39, 0.29) is 36.5 Å². The number of fused-ring (bicyclic) bond motifs is 1. The number of aliphatic hydroxyl groups excluding tert-OH is 1. The molecule has 0 aliphatic heterocycles. The summed E-state index contributed by atoms with van der Waals surface area (Å²) >= 11 is 0. The Hall–Kier alpha value is -2.74. The summed E-state index contributed by atoms with van der Waals surface area (Å²) in [6.07, 6.45) is 5.37. The average molecular weight is 385 g/mol. The molecule has 28 heavy (non-hydrogen) atoms. The number of amides is 2. The lowest BCUT2D eigenvalue weighted by Gasteiger charge is -2.29. The largest absolute Gasteiger partial charge is 0.394 e. The Kier molecular flexibility index (Phi) is 6.41. The molecule has 1 atom stereocenters. The molecule has 0 spiro atoms. The Labute approximate surface area is 164 Å². The highest BCUT2D eigenvalue weighted by Gasteiger charge is 2.22. The molecule has 1 saturated carbocycles. The van der Waals surface area contributed by atoms with Crippen LogP contribution in [0.1, 0.15) is 49.9 Å². The normalized spacial score (nSPS) is 20.4. The fourth-order valence-electron chi connectivity index (χ4n) is 3.51. The van der Waals surface area contributed by atoms with E-state index in [0.29, 0.717) is 17.0 Å². The predicted molar refractivity (Wildman–Crippen MR) is 107 cm³/mol. The molecule has 1 aromatic heterocycles. The Bertz CT molecular complexity index is 849. The first kappa shape index (κ1) is 20.0. The van der Waals surface area contributed by atoms with E-state index < -0.39 is 0 Å². The van der Waals surface area contributed by atoms with Gasteiger partial charge in [-0.3, -0.25) is 9.59 Å². The molecule has 8 nitrogen and oxygen atoms in total. The molecule has 1 aliphatic rings. The minimum absolute atomic E-state index is 0.00981. The van der Waals surface area contributed by atoms with Crippen molar-refractivity contribution in [2.45, 2.75) is 57.7 Å². The molecule has 1 aliphatic carbocycles. The summed E-state index contributed by atoms with van der Waals surface area (Å²) in [5.41, 5.74) is 1.03. The molecule has 0 bridgehead atoms. The summed E-state index contributed by atoms with van der Waals surface area (Å²) in [7, 11) is 0. The molecular formula is C20H27N5O3. The second kappa shape index (κ2) is 8.97. The monoisotopic (exact) mass is 385 g/mol. The van der Waals surface area contributed by atoms with Gasteiger partial charge in [0.1, 0.15) is 0 Å². The maximum Gasteiger partial charge on any atom is 0.253 e. The Balaban J connectivity index is 1.72. The zero-order valence-electron chi connectivity index (χ0n) is 16.2. The summed E-state index contributed by atoms with van der Waals surface area (Å²) in [5.74, 6) is 0.231. The number of rotatable bonds is 6. The second-order valence-electron chi connectivity index (χ2n) is 7.39. The van der Waals surface area contributed by atoms with E-state index >= 15 is 0 Å². The summed E-state index contributed by atoms with van der Waals surface area (Å²) in [5, 5.41) is 19.0. The highest BCUT2D eigenvalue weighted by molar-refractivity contribution is 6.05. The van der Waals surface area contributed by atoms with Crippen molar-refractivity contribution in [3.8, 4) is 0 Å². The van der Waals surface area contributed by atoms with Crippen LogP contribution in [0.4, 0.5) is 5.95 Å². The van der Waals surface area contributed by atoms with Crippen molar-refractivity contribution in [3.63, 3.8) is 0 Å². The first-order valence-corrected chi connectivity index (χ1v) is 9.67. The van der Waals surface area contributed by atoms with E-state index in [1.807, 2.05) is 6.07 Å². The van der Waals surface area contributed by atoms with E-state index in [9.17, 15) is 9.59 Å². The molecule has 1 heterocycles. The SMILES string of the molecule is CC(=O)NC1CCC(Nc2ncc3cccc(C(=O)N[C@@H](C)CO)c3n2)CC1. The van der Waals surface area contributed by atoms with Gasteiger partial charge in [0.05, 0.1) is 17.7 Å². The first-order valence-electron chi connectivity index (χ1n) is 9.67. The molecule has 0 unspecified atom stereocenters. The molecule has 1 aromatic carbocycles. The number of carbonyl (C=O) groups excluding carboxylic acids is 2. The highest BCUT2D eigenvalue weighted by Crippen LogP contribution is 2.23. The van der Waals surface area contributed by atoms with Crippen molar-refractivity contribution in [2.75, 3.05) is 11.9 Å². The van der Waals surface area contributed by atoms with E-state index in [4.69, 9.17) is 5.11 Å². The predicted octanol–water partition coefficient (Wildman–Crippen LogP) is 1.60. The van der Waals surface area contributed by atoms with Gasteiger partial charge in [0.15, 0.2) is 0 Å². The summed E-state index contributed by atoms with van der Waals surface area (Å²) in [6.45, 7) is 3.16. The fourth-order valence-corrected chi connectivity index (χ4v) is 3.51. The molecule has 8 heteroatoms. The maximum atomic E-state index is 12.5. The zero-order valence-corrected chi connectivity index (χ0v) is 16.2. The zero-order chi connectivity index (χ0) is 20.1. The maximum absolute atomic E-state index is 12.5. The van der Waals surface area contributed by atoms with Gasteiger partial charge in [-0.1, -0.05) is 12.1 Å². The Morgan fingerprint density at radius 2 is 1.93 bits per heavy atom. The lowest BCUT2D eigenvalue weighted by molar-refractivity contribution is -0.119. The number of carbonyl (C=O) groups is 2. The number of benzene rings is 1. The quantitative estimate of drug-likeness (QED) is 0.600. The minimum atomic E-state index is -0.332. The van der Waals surface area contributed by atoms with Gasteiger partial charge >= 0.3 is 0 Å². The second-order valence-corrected chi connectivity index (χ2v) is 7.39. The lowest BCUT2D eigenvalue weighted by Crippen LogP contribution is -2.39. The van der Waals surface area contributed by atoms with Crippen LogP contribution >= 0.6 is 0 Å². The van der Waals surface area contributed by atoms with Crippen LogP contribution in [0.25, 0.3) is 10.9 Å². The van der Waals surface area contributed by atoms with Crippen molar-refractivity contribution >= 4 is 28.7 Å². The van der Waals surface area contributed by atoms with E-state index in [1.165, 1.54) is 0 Å². The number of hydrogen-bond donors (Lipinski definition) is 4. The molecule has 3 rings (SSSR count). The van der Waals surface area contributed by atoms with Gasteiger partial charge in [0.25, 0.3) is 5.91 Å². The number of aliphatic hydroxyl groups is 1. The number of nitrogens with one attached hydrogen (secondary N) is 3. The lowest BCUT2D eigenvalue weighted by atomic mass is 9.91. The van der Waals surface area contributed by atoms with Crippen LogP contribution in [0.15, 0.2) is 24.4 Å². The smallest absolute Gasteiger partial charge is 0.253 e. The molecular weight excluding hydrogens is 358 g/mol. The fraction of sp³-hybridized carbons (Fsp3) is 0.500. The molecule has 0 radical (unpaired) electrons. The molecule has 2 amide bonds. The van der Waals surface area contributed by atoms with Gasteiger partial charge in [-0.15, -0.1) is 0 Å². The van der Waals surface area contributed by atoms with Gasteiger partial charge in [-0.2, -0.15) is 0 Å². The van der Waals surface area contributed by atoms with Crippen molar-refractivity contribution in [2.24, 2.45) is 0 Å². The Morgan fingerprint density at radius 1 is 1.21 bits per heavy atom. The molecule has 2 aromatic rings. The van der Waals surface area contributed by atoms with Crippen molar-refractivity contribution in [3.05, 3.63) is 30.0 Å². The van der Waals surface area contributed by atoms with Crippen LogP contribution in [0.5, 0.6) is 0 Å². The summed E-state index contributed by atoms with van der Waals surface area (Å²) in [6, 6.07) is 5.51. The van der Waals surface area contributed by atoms with Crippen LogP contribution in [0.3, 0.4) is 0 Å². The third kappa shape index (κ3) is 4.95. The van der Waals surface area contributed by atoms with Gasteiger partial charge < -0.3 is 21.1 Å². The topological polar surface area (TPSA) is 116 Å². The third-order valence-electron chi connectivity index (χ3n) is 4.97. The van der Waals surface area contributed by atoms with Gasteiger partial charge in [-0.05, 0) is 38.7 Å². The Morgan fingerprint density at radius 3 is 2.61 bits per heavy atom. The van der Waals surface area contributed by atoms with Crippen LogP contribution in [0.2, 0.25) is 0 Å². The molecule has 1 fully saturated rings. The summed E-state index contributed by atoms with van der Waals surface area (Å²) < 4.78 is 0. The number of anilines is 1. The van der Waals surface area contributed by atoms with E-state index in [0.717, 1.165) is 31.1 Å². The standard InChI is InChI=1S/C20H27N5O3/c1-12(11-26)22-19(28)17-5-3-4-14-10-21-20(25-18(14)17)24-16-8-6-15(7-9-16)23-13(2)27/h3-5,10,12,15-16,26H,6-9,11H2,1-2H3,(H,22,28)(H,23,27)(H,21,24,25)/t12-,15?,16?/m0/s1. The first-order chi connectivity index (χ1) is 13.5. The molecule has 150 valence electrons. The van der Waals surface area contributed by atoms with Crippen molar-refractivity contribution in [1.29, 1.82) is 0 Å². The van der Waals surface area contributed by atoms with Crippen LogP contribution in [0, 0.1) is 0 Å².